The molecule has 0 amide bonds. The predicted octanol–water partition coefficient (Wildman–Crippen LogP) is 3.08. The first-order valence-electron chi connectivity index (χ1n) is 4.01. The average Bonchev–Trinajstić information content (AvgIpc) is 2.85. The van der Waals surface area contributed by atoms with E-state index in [2.05, 4.69) is 16.8 Å². The Bertz CT molecular complexity index is 408. The van der Waals surface area contributed by atoms with Crippen LogP contribution in [0.25, 0.3) is 10.8 Å². The third kappa shape index (κ3) is 2.05. The smallest absolute Gasteiger partial charge is 0.277 e. The minimum Gasteiger partial charge on any atom is -0.410 e. The molecule has 0 saturated heterocycles. The summed E-state index contributed by atoms with van der Waals surface area (Å²) in [6, 6.07) is 3.92. The molecule has 0 aromatic carbocycles. The lowest BCUT2D eigenvalue weighted by atomic mass is 10.5. The number of thiophene rings is 1. The van der Waals surface area contributed by atoms with Crippen LogP contribution in [0.4, 0.5) is 0 Å². The van der Waals surface area contributed by atoms with Gasteiger partial charge in [-0.05, 0) is 11.4 Å². The topological polar surface area (TPSA) is 38.9 Å². The highest BCUT2D eigenvalue weighted by Gasteiger charge is 2.08. The second kappa shape index (κ2) is 4.43. The number of nitrogens with zero attached hydrogens (tertiary/aromatic N) is 2. The molecule has 0 atom stereocenters. The van der Waals surface area contributed by atoms with Crippen molar-refractivity contribution in [3.8, 4) is 10.8 Å². The molecule has 3 nitrogen and oxygen atoms in total. The van der Waals surface area contributed by atoms with Crippen LogP contribution in [0, 0.1) is 0 Å². The average molecular weight is 224 g/mol. The van der Waals surface area contributed by atoms with E-state index >= 15 is 0 Å². The van der Waals surface area contributed by atoms with Gasteiger partial charge in [0.2, 0.25) is 0 Å². The normalized spacial score (nSPS) is 10.3. The van der Waals surface area contributed by atoms with E-state index in [9.17, 15) is 0 Å². The molecule has 2 rings (SSSR count). The number of hydrogen-bond donors (Lipinski definition) is 0. The molecule has 0 aliphatic heterocycles. The Kier molecular flexibility index (Phi) is 3.00. The van der Waals surface area contributed by atoms with Crippen LogP contribution in [0.5, 0.6) is 0 Å². The number of hydrogen-bond acceptors (Lipinski definition) is 5. The summed E-state index contributed by atoms with van der Waals surface area (Å²) < 4.78 is 5.43. The van der Waals surface area contributed by atoms with Crippen molar-refractivity contribution >= 4 is 23.1 Å². The summed E-state index contributed by atoms with van der Waals surface area (Å²) >= 11 is 3.07. The maximum atomic E-state index is 5.43. The van der Waals surface area contributed by atoms with Crippen molar-refractivity contribution in [3.05, 3.63) is 30.2 Å². The minimum absolute atomic E-state index is 0.589. The van der Waals surface area contributed by atoms with Crippen molar-refractivity contribution in [2.24, 2.45) is 0 Å². The molecule has 0 unspecified atom stereocenters. The molecule has 0 fully saturated rings. The van der Waals surface area contributed by atoms with Crippen molar-refractivity contribution in [1.82, 2.24) is 10.2 Å². The standard InChI is InChI=1S/C9H8N2OS2/c1-2-5-14-9-11-10-8(12-9)7-4-3-6-13-7/h2-4,6H,1,5H2. The third-order valence-electron chi connectivity index (χ3n) is 1.46. The van der Waals surface area contributed by atoms with Gasteiger partial charge in [0.05, 0.1) is 4.88 Å². The Morgan fingerprint density at radius 3 is 3.21 bits per heavy atom. The molecule has 2 aromatic rings. The van der Waals surface area contributed by atoms with Crippen LogP contribution in [-0.4, -0.2) is 16.0 Å². The van der Waals surface area contributed by atoms with Crippen LogP contribution >= 0.6 is 23.1 Å². The van der Waals surface area contributed by atoms with Gasteiger partial charge in [0, 0.05) is 5.75 Å². The van der Waals surface area contributed by atoms with Gasteiger partial charge in [-0.15, -0.1) is 28.1 Å². The van der Waals surface area contributed by atoms with E-state index in [1.807, 2.05) is 17.5 Å². The van der Waals surface area contributed by atoms with Crippen molar-refractivity contribution in [2.45, 2.75) is 5.22 Å². The van der Waals surface area contributed by atoms with Gasteiger partial charge in [-0.2, -0.15) is 0 Å². The molecule has 14 heavy (non-hydrogen) atoms. The first-order chi connectivity index (χ1) is 6.90. The molecule has 2 heterocycles. The van der Waals surface area contributed by atoms with Gasteiger partial charge in [-0.1, -0.05) is 23.9 Å². The largest absolute Gasteiger partial charge is 0.410 e. The number of thioether (sulfide) groups is 1. The Morgan fingerprint density at radius 1 is 1.57 bits per heavy atom. The monoisotopic (exact) mass is 224 g/mol. The van der Waals surface area contributed by atoms with E-state index in [0.717, 1.165) is 10.6 Å². The summed E-state index contributed by atoms with van der Waals surface area (Å²) in [5.41, 5.74) is 0. The fourth-order valence-corrected chi connectivity index (χ4v) is 2.04. The predicted molar refractivity (Wildman–Crippen MR) is 58.5 cm³/mol. The van der Waals surface area contributed by atoms with Gasteiger partial charge in [-0.3, -0.25) is 0 Å². The maximum Gasteiger partial charge on any atom is 0.277 e. The van der Waals surface area contributed by atoms with E-state index in [1.165, 1.54) is 11.8 Å². The summed E-state index contributed by atoms with van der Waals surface area (Å²) in [6.45, 7) is 3.62. The minimum atomic E-state index is 0.589. The molecule has 0 aliphatic carbocycles. The molecule has 0 radical (unpaired) electrons. The van der Waals surface area contributed by atoms with Crippen LogP contribution in [0.2, 0.25) is 0 Å². The molecule has 0 aliphatic rings. The molecule has 5 heteroatoms. The van der Waals surface area contributed by atoms with Gasteiger partial charge >= 0.3 is 0 Å². The molecule has 2 aromatic heterocycles. The Morgan fingerprint density at radius 2 is 2.50 bits per heavy atom. The lowest BCUT2D eigenvalue weighted by Crippen LogP contribution is -1.72. The number of rotatable bonds is 4. The maximum absolute atomic E-state index is 5.43. The zero-order valence-electron chi connectivity index (χ0n) is 7.34. The fraction of sp³-hybridized carbons (Fsp3) is 0.111. The van der Waals surface area contributed by atoms with E-state index in [4.69, 9.17) is 4.42 Å². The van der Waals surface area contributed by atoms with Gasteiger partial charge in [-0.25, -0.2) is 0 Å². The highest BCUT2D eigenvalue weighted by Crippen LogP contribution is 2.26. The zero-order chi connectivity index (χ0) is 9.80. The molecule has 0 spiro atoms. The molecule has 0 bridgehead atoms. The highest BCUT2D eigenvalue weighted by atomic mass is 32.2. The fourth-order valence-electron chi connectivity index (χ4n) is 0.898. The molecular weight excluding hydrogens is 216 g/mol. The summed E-state index contributed by atoms with van der Waals surface area (Å²) in [5.74, 6) is 1.37. The van der Waals surface area contributed by atoms with Crippen LogP contribution in [-0.2, 0) is 0 Å². The van der Waals surface area contributed by atoms with E-state index < -0.39 is 0 Å². The lowest BCUT2D eigenvalue weighted by Gasteiger charge is -1.87. The summed E-state index contributed by atoms with van der Waals surface area (Å²) in [4.78, 5) is 1.00. The summed E-state index contributed by atoms with van der Waals surface area (Å²) in [7, 11) is 0. The van der Waals surface area contributed by atoms with Crippen molar-refractivity contribution in [3.63, 3.8) is 0 Å². The Balaban J connectivity index is 2.14. The van der Waals surface area contributed by atoms with Crippen molar-refractivity contribution < 1.29 is 4.42 Å². The summed E-state index contributed by atoms with van der Waals surface area (Å²) in [5, 5.41) is 10.4. The second-order valence-corrected chi connectivity index (χ2v) is 4.37. The van der Waals surface area contributed by atoms with Gasteiger partial charge in [0.1, 0.15) is 0 Å². The zero-order valence-corrected chi connectivity index (χ0v) is 8.98. The molecule has 0 N–H and O–H groups in total. The first kappa shape index (κ1) is 9.48. The van der Waals surface area contributed by atoms with Crippen molar-refractivity contribution in [1.29, 1.82) is 0 Å². The van der Waals surface area contributed by atoms with Crippen LogP contribution < -0.4 is 0 Å². The van der Waals surface area contributed by atoms with Gasteiger partial charge < -0.3 is 4.42 Å². The SMILES string of the molecule is C=CCSc1nnc(-c2cccs2)o1. The quantitative estimate of drug-likeness (QED) is 0.591. The lowest BCUT2D eigenvalue weighted by molar-refractivity contribution is 0.467. The number of aromatic nitrogens is 2. The van der Waals surface area contributed by atoms with E-state index in [0.29, 0.717) is 11.1 Å². The first-order valence-corrected chi connectivity index (χ1v) is 5.88. The molecule has 72 valence electrons. The molecular formula is C9H8N2OS2. The van der Waals surface area contributed by atoms with Crippen LogP contribution in [0.1, 0.15) is 0 Å². The van der Waals surface area contributed by atoms with E-state index in [1.54, 1.807) is 17.4 Å². The van der Waals surface area contributed by atoms with Crippen LogP contribution in [0.3, 0.4) is 0 Å². The second-order valence-electron chi connectivity index (χ2n) is 2.45. The van der Waals surface area contributed by atoms with E-state index in [-0.39, 0.29) is 0 Å². The summed E-state index contributed by atoms with van der Waals surface area (Å²) in [6.07, 6.45) is 1.81. The van der Waals surface area contributed by atoms with Crippen LogP contribution in [0.15, 0.2) is 39.8 Å². The Labute approximate surface area is 89.9 Å². The van der Waals surface area contributed by atoms with Gasteiger partial charge in [0.15, 0.2) is 0 Å². The van der Waals surface area contributed by atoms with Crippen molar-refractivity contribution in [2.75, 3.05) is 5.75 Å². The third-order valence-corrected chi connectivity index (χ3v) is 3.14. The molecule has 0 saturated carbocycles. The van der Waals surface area contributed by atoms with Gasteiger partial charge in [0.25, 0.3) is 11.1 Å². The Hall–Kier alpha value is -1.07. The highest BCUT2D eigenvalue weighted by molar-refractivity contribution is 7.99.